The first-order valence-electron chi connectivity index (χ1n) is 4.18. The van der Waals surface area contributed by atoms with Gasteiger partial charge >= 0.3 is 5.97 Å². The number of nitrogens with two attached hydrogens (primary N) is 1. The summed E-state index contributed by atoms with van der Waals surface area (Å²) < 4.78 is 4.94. The van der Waals surface area contributed by atoms with Gasteiger partial charge in [-0.15, -0.1) is 24.2 Å². The molecule has 0 aliphatic heterocycles. The van der Waals surface area contributed by atoms with Gasteiger partial charge in [0.2, 0.25) is 0 Å². The second-order valence-electron chi connectivity index (χ2n) is 3.11. The molecule has 0 aliphatic carbocycles. The van der Waals surface area contributed by atoms with Crippen LogP contribution in [0.2, 0.25) is 0 Å². The molecule has 0 rings (SSSR count). The number of thioether (sulfide) groups is 1. The minimum absolute atomic E-state index is 0. The molecular formula is C9H18ClNO2S. The van der Waals surface area contributed by atoms with Crippen molar-refractivity contribution in [3.63, 3.8) is 0 Å². The molecule has 5 heteroatoms. The average Bonchev–Trinajstić information content (AvgIpc) is 1.98. The summed E-state index contributed by atoms with van der Waals surface area (Å²) in [6, 6.07) is -0.552. The molecule has 0 amide bonds. The van der Waals surface area contributed by atoms with Gasteiger partial charge in [0, 0.05) is 5.75 Å². The highest BCUT2D eigenvalue weighted by Crippen LogP contribution is 2.12. The van der Waals surface area contributed by atoms with Gasteiger partial charge in [0.15, 0.2) is 0 Å². The molecule has 1 atom stereocenters. The van der Waals surface area contributed by atoms with Crippen molar-refractivity contribution in [2.24, 2.45) is 5.73 Å². The first-order chi connectivity index (χ1) is 5.93. The maximum Gasteiger partial charge on any atom is 0.324 e. The fraction of sp³-hybridized carbons (Fsp3) is 0.667. The van der Waals surface area contributed by atoms with Gasteiger partial charge in [-0.1, -0.05) is 6.58 Å². The van der Waals surface area contributed by atoms with Crippen molar-refractivity contribution in [2.45, 2.75) is 32.9 Å². The molecule has 0 aliphatic rings. The van der Waals surface area contributed by atoms with Gasteiger partial charge in [-0.05, 0) is 25.7 Å². The molecule has 0 aromatic rings. The molecule has 0 heterocycles. The third kappa shape index (κ3) is 8.41. The maximum atomic E-state index is 11.2. The molecule has 2 N–H and O–H groups in total. The van der Waals surface area contributed by atoms with Crippen molar-refractivity contribution in [1.82, 2.24) is 0 Å². The molecule has 0 radical (unpaired) electrons. The van der Waals surface area contributed by atoms with Crippen LogP contribution in [0.3, 0.4) is 0 Å². The van der Waals surface area contributed by atoms with Crippen LogP contribution in [-0.4, -0.2) is 23.9 Å². The van der Waals surface area contributed by atoms with Gasteiger partial charge in [-0.3, -0.25) is 4.79 Å². The van der Waals surface area contributed by atoms with Crippen LogP contribution in [0.1, 0.15) is 20.8 Å². The number of allylic oxidation sites excluding steroid dienone is 1. The molecule has 84 valence electrons. The summed E-state index contributed by atoms with van der Waals surface area (Å²) in [6.45, 7) is 9.19. The summed E-state index contributed by atoms with van der Waals surface area (Å²) in [6.07, 6.45) is -0.103. The largest absolute Gasteiger partial charge is 0.462 e. The zero-order valence-electron chi connectivity index (χ0n) is 8.78. The lowest BCUT2D eigenvalue weighted by atomic mass is 10.3. The van der Waals surface area contributed by atoms with Crippen LogP contribution in [-0.2, 0) is 9.53 Å². The molecule has 0 bridgehead atoms. The Morgan fingerprint density at radius 3 is 2.43 bits per heavy atom. The third-order valence-corrected chi connectivity index (χ3v) is 2.18. The van der Waals surface area contributed by atoms with E-state index in [2.05, 4.69) is 6.58 Å². The van der Waals surface area contributed by atoms with E-state index in [1.54, 1.807) is 13.8 Å². The Labute approximate surface area is 95.9 Å². The lowest BCUT2D eigenvalue weighted by molar-refractivity contribution is -0.148. The van der Waals surface area contributed by atoms with Gasteiger partial charge in [0.1, 0.15) is 6.04 Å². The summed E-state index contributed by atoms with van der Waals surface area (Å²) in [4.78, 5) is 12.1. The highest BCUT2D eigenvalue weighted by Gasteiger charge is 2.15. The Kier molecular flexibility index (Phi) is 9.45. The predicted molar refractivity (Wildman–Crippen MR) is 63.7 cm³/mol. The lowest BCUT2D eigenvalue weighted by Gasteiger charge is -2.13. The van der Waals surface area contributed by atoms with Crippen LogP contribution in [0.5, 0.6) is 0 Å². The summed E-state index contributed by atoms with van der Waals surface area (Å²) >= 11 is 1.47. The van der Waals surface area contributed by atoms with Crippen molar-refractivity contribution in [1.29, 1.82) is 0 Å². The topological polar surface area (TPSA) is 52.3 Å². The van der Waals surface area contributed by atoms with Crippen LogP contribution >= 0.6 is 24.2 Å². The van der Waals surface area contributed by atoms with Crippen LogP contribution in [0, 0.1) is 0 Å². The molecule has 0 fully saturated rings. The Bertz CT molecular complexity index is 197. The first kappa shape index (κ1) is 16.2. The molecule has 0 saturated carbocycles. The van der Waals surface area contributed by atoms with Crippen molar-refractivity contribution in [2.75, 3.05) is 5.75 Å². The van der Waals surface area contributed by atoms with Crippen LogP contribution in [0.25, 0.3) is 0 Å². The highest BCUT2D eigenvalue weighted by molar-refractivity contribution is 8.03. The standard InChI is InChI=1S/C9H17NO2S.ClH/c1-6(2)12-9(11)8(10)5-13-7(3)4;/h6,8H,3,5,10H2,1-2,4H3;1H. The smallest absolute Gasteiger partial charge is 0.324 e. The molecule has 0 spiro atoms. The van der Waals surface area contributed by atoms with Gasteiger partial charge < -0.3 is 10.5 Å². The molecule has 0 aromatic heterocycles. The highest BCUT2D eigenvalue weighted by atomic mass is 35.5. The molecule has 14 heavy (non-hydrogen) atoms. The summed E-state index contributed by atoms with van der Waals surface area (Å²) in [7, 11) is 0. The number of ether oxygens (including phenoxy) is 1. The fourth-order valence-corrected chi connectivity index (χ4v) is 1.22. The Hall–Kier alpha value is -0.190. The number of carbonyl (C=O) groups is 1. The Morgan fingerprint density at radius 1 is 1.57 bits per heavy atom. The quantitative estimate of drug-likeness (QED) is 0.746. The normalized spacial score (nSPS) is 11.8. The van der Waals surface area contributed by atoms with Crippen molar-refractivity contribution < 1.29 is 9.53 Å². The molecule has 1 unspecified atom stereocenters. The van der Waals surface area contributed by atoms with Gasteiger partial charge in [-0.25, -0.2) is 0 Å². The number of carbonyl (C=O) groups excluding carboxylic acids is 1. The van der Waals surface area contributed by atoms with Gasteiger partial charge in [0.05, 0.1) is 6.10 Å². The molecule has 3 nitrogen and oxygen atoms in total. The summed E-state index contributed by atoms with van der Waals surface area (Å²) in [5.41, 5.74) is 5.58. The third-order valence-electron chi connectivity index (χ3n) is 1.16. The molecule has 0 saturated heterocycles. The van der Waals surface area contributed by atoms with E-state index in [0.717, 1.165) is 4.91 Å². The predicted octanol–water partition coefficient (Wildman–Crippen LogP) is 1.95. The van der Waals surface area contributed by atoms with E-state index in [9.17, 15) is 4.79 Å². The lowest BCUT2D eigenvalue weighted by Crippen LogP contribution is -2.35. The number of rotatable bonds is 5. The number of hydrogen-bond acceptors (Lipinski definition) is 4. The van der Waals surface area contributed by atoms with E-state index in [-0.39, 0.29) is 24.5 Å². The number of esters is 1. The van der Waals surface area contributed by atoms with E-state index in [4.69, 9.17) is 10.5 Å². The van der Waals surface area contributed by atoms with Crippen LogP contribution < -0.4 is 5.73 Å². The van der Waals surface area contributed by atoms with Crippen molar-refractivity contribution in [3.05, 3.63) is 11.5 Å². The minimum Gasteiger partial charge on any atom is -0.462 e. The fourth-order valence-electron chi connectivity index (χ4n) is 0.620. The van der Waals surface area contributed by atoms with Gasteiger partial charge in [0.25, 0.3) is 0 Å². The van der Waals surface area contributed by atoms with E-state index in [0.29, 0.717) is 5.75 Å². The SMILES string of the molecule is C=C(C)SCC(N)C(=O)OC(C)C.Cl. The monoisotopic (exact) mass is 239 g/mol. The second-order valence-corrected chi connectivity index (χ2v) is 4.42. The van der Waals surface area contributed by atoms with Crippen molar-refractivity contribution in [3.8, 4) is 0 Å². The van der Waals surface area contributed by atoms with Crippen LogP contribution in [0.15, 0.2) is 11.5 Å². The van der Waals surface area contributed by atoms with Crippen molar-refractivity contribution >= 4 is 30.1 Å². The average molecular weight is 240 g/mol. The van der Waals surface area contributed by atoms with E-state index < -0.39 is 6.04 Å². The Morgan fingerprint density at radius 2 is 2.07 bits per heavy atom. The summed E-state index contributed by atoms with van der Waals surface area (Å²) in [5, 5.41) is 0. The zero-order valence-corrected chi connectivity index (χ0v) is 10.4. The number of halogens is 1. The van der Waals surface area contributed by atoms with Gasteiger partial charge in [-0.2, -0.15) is 0 Å². The van der Waals surface area contributed by atoms with E-state index >= 15 is 0 Å². The van der Waals surface area contributed by atoms with E-state index in [1.165, 1.54) is 11.8 Å². The maximum absolute atomic E-state index is 11.2. The van der Waals surface area contributed by atoms with E-state index in [1.807, 2.05) is 6.92 Å². The molecular weight excluding hydrogens is 222 g/mol. The first-order valence-corrected chi connectivity index (χ1v) is 5.16. The Balaban J connectivity index is 0. The zero-order chi connectivity index (χ0) is 10.4. The number of hydrogen-bond donors (Lipinski definition) is 1. The summed E-state index contributed by atoms with van der Waals surface area (Å²) in [5.74, 6) is 0.185. The minimum atomic E-state index is -0.552. The molecule has 0 aromatic carbocycles. The second kappa shape index (κ2) is 8.15. The van der Waals surface area contributed by atoms with Crippen LogP contribution in [0.4, 0.5) is 0 Å².